The Morgan fingerprint density at radius 3 is 2.15 bits per heavy atom. The molecular weight excluding hydrogens is 737 g/mol. The van der Waals surface area contributed by atoms with Gasteiger partial charge >= 0.3 is 0 Å². The predicted octanol–water partition coefficient (Wildman–Crippen LogP) is 15.0. The maximum absolute atomic E-state index is 6.99. The third-order valence-electron chi connectivity index (χ3n) is 12.6. The molecule has 1 atom stereocenters. The number of fused-ring (bicyclic) bond motifs is 3. The smallest absolute Gasteiger partial charge is 0.0647 e. The Labute approximate surface area is 360 Å². The molecule has 7 aromatic rings. The molecule has 2 heteroatoms. The number of rotatable bonds is 9. The van der Waals surface area contributed by atoms with Crippen molar-refractivity contribution in [2.45, 2.75) is 51.0 Å². The molecule has 0 saturated carbocycles. The van der Waals surface area contributed by atoms with Gasteiger partial charge in [0.15, 0.2) is 0 Å². The van der Waals surface area contributed by atoms with E-state index in [1.807, 2.05) is 0 Å². The van der Waals surface area contributed by atoms with Crippen LogP contribution in [0, 0.1) is 0 Å². The minimum absolute atomic E-state index is 0.135. The Morgan fingerprint density at radius 1 is 0.639 bits per heavy atom. The molecule has 10 rings (SSSR count). The number of hydrogen-bond donors (Lipinski definition) is 1. The van der Waals surface area contributed by atoms with E-state index < -0.39 is 0 Å². The highest BCUT2D eigenvalue weighted by Gasteiger charge is 2.24. The Balaban J connectivity index is 1.07. The van der Waals surface area contributed by atoms with Gasteiger partial charge in [0.05, 0.1) is 12.3 Å². The second kappa shape index (κ2) is 17.3. The van der Waals surface area contributed by atoms with Crippen molar-refractivity contribution in [3.8, 4) is 22.3 Å². The minimum atomic E-state index is 0.135. The highest BCUT2D eigenvalue weighted by molar-refractivity contribution is 6.12. The van der Waals surface area contributed by atoms with E-state index in [1.165, 1.54) is 82.8 Å². The van der Waals surface area contributed by atoms with Crippen molar-refractivity contribution in [1.29, 1.82) is 0 Å². The van der Waals surface area contributed by atoms with Gasteiger partial charge in [-0.2, -0.15) is 0 Å². The highest BCUT2D eigenvalue weighted by atomic mass is 14.7. The van der Waals surface area contributed by atoms with Gasteiger partial charge in [-0.1, -0.05) is 170 Å². The second-order valence-electron chi connectivity index (χ2n) is 16.6. The van der Waals surface area contributed by atoms with E-state index >= 15 is 0 Å². The lowest BCUT2D eigenvalue weighted by atomic mass is 9.79. The molecule has 0 bridgehead atoms. The summed E-state index contributed by atoms with van der Waals surface area (Å²) in [5.41, 5.74) is 23.6. The maximum atomic E-state index is 6.99. The molecule has 1 unspecified atom stereocenters. The van der Waals surface area contributed by atoms with Crippen LogP contribution in [-0.2, 0) is 13.0 Å². The first-order chi connectivity index (χ1) is 30.1. The van der Waals surface area contributed by atoms with E-state index in [1.54, 1.807) is 0 Å². The van der Waals surface area contributed by atoms with Gasteiger partial charge in [-0.25, -0.2) is 0 Å². The summed E-state index contributed by atoms with van der Waals surface area (Å²) in [5.74, 6) is 0.135. The number of benzene rings is 7. The fourth-order valence-corrected chi connectivity index (χ4v) is 9.27. The van der Waals surface area contributed by atoms with Gasteiger partial charge in [0.1, 0.15) is 0 Å². The normalized spacial score (nSPS) is 16.6. The summed E-state index contributed by atoms with van der Waals surface area (Å²) in [5, 5.41) is 4.99. The number of hydrogen-bond acceptors (Lipinski definition) is 2. The van der Waals surface area contributed by atoms with Crippen molar-refractivity contribution >= 4 is 44.6 Å². The predicted molar refractivity (Wildman–Crippen MR) is 261 cm³/mol. The molecule has 0 saturated heterocycles. The largest absolute Gasteiger partial charge is 0.398 e. The Hall–Kier alpha value is -7.03. The van der Waals surface area contributed by atoms with Crippen LogP contribution in [0.1, 0.15) is 71.4 Å². The zero-order chi connectivity index (χ0) is 41.0. The average molecular weight is 787 g/mol. The summed E-state index contributed by atoms with van der Waals surface area (Å²) in [6.07, 6.45) is 26.8. The quantitative estimate of drug-likeness (QED) is 0.145. The molecule has 0 radical (unpaired) electrons. The fourth-order valence-electron chi connectivity index (χ4n) is 9.27. The number of nitrogens with two attached hydrogens (primary N) is 1. The van der Waals surface area contributed by atoms with Crippen molar-refractivity contribution < 1.29 is 0 Å². The summed E-state index contributed by atoms with van der Waals surface area (Å²) >= 11 is 0. The van der Waals surface area contributed by atoms with Crippen LogP contribution in [0.5, 0.6) is 0 Å². The van der Waals surface area contributed by atoms with Gasteiger partial charge < -0.3 is 5.73 Å². The van der Waals surface area contributed by atoms with Gasteiger partial charge in [-0.15, -0.1) is 0 Å². The van der Waals surface area contributed by atoms with Crippen LogP contribution in [0.25, 0.3) is 61.1 Å². The first-order valence-corrected chi connectivity index (χ1v) is 21.9. The average Bonchev–Trinajstić information content (AvgIpc) is 3.57. The van der Waals surface area contributed by atoms with Crippen molar-refractivity contribution in [2.75, 3.05) is 0 Å². The Kier molecular flexibility index (Phi) is 10.8. The molecule has 7 aromatic carbocycles. The van der Waals surface area contributed by atoms with Crippen LogP contribution < -0.4 is 5.73 Å². The van der Waals surface area contributed by atoms with Gasteiger partial charge in [-0.3, -0.25) is 4.99 Å². The first kappa shape index (κ1) is 38.2. The molecule has 0 aliphatic heterocycles. The standard InChI is InChI=1S/C59H50N2/c60-58(45-30-27-44(28-31-45)42-17-6-2-7-18-42)39-59(61-40-41-15-4-1-5-16-41)53-26-14-25-51(34-53)54-35-47-20-8-3-9-21-49(47)37-56(54)57-38-50-24-13-12-23-48(50)36-55(57)52-32-29-43-19-10-11-22-46(43)33-52/h1,4-6,9-19,21-33,35-39,51H,2-3,7-8,20,34,40,60H2/b58-39-,61-59+. The molecule has 0 spiro atoms. The topological polar surface area (TPSA) is 38.4 Å². The summed E-state index contributed by atoms with van der Waals surface area (Å²) in [6.45, 7) is 0.577. The van der Waals surface area contributed by atoms with Crippen LogP contribution in [0.15, 0.2) is 205 Å². The van der Waals surface area contributed by atoms with Crippen molar-refractivity contribution in [3.05, 3.63) is 233 Å². The summed E-state index contributed by atoms with van der Waals surface area (Å²) in [7, 11) is 0. The molecule has 0 amide bonds. The SMILES string of the molecule is N/C(=C\C(=N/Cc1ccccc1)C1=CC=CC(c2cc3c(cc2-c2cc4ccccc4cc2-c2ccc4ccccc4c2)C=CCCC3)C1)c1ccc(C2=CCCC=C2)cc1. The monoisotopic (exact) mass is 786 g/mol. The van der Waals surface area contributed by atoms with Crippen LogP contribution >= 0.6 is 0 Å². The van der Waals surface area contributed by atoms with E-state index in [-0.39, 0.29) is 5.92 Å². The molecule has 0 fully saturated rings. The number of allylic oxidation sites excluding steroid dienone is 10. The van der Waals surface area contributed by atoms with Gasteiger partial charge in [0, 0.05) is 11.6 Å². The lowest BCUT2D eigenvalue weighted by Gasteiger charge is -2.25. The molecular formula is C59H50N2. The zero-order valence-electron chi connectivity index (χ0n) is 34.6. The molecule has 2 N–H and O–H groups in total. The molecule has 3 aliphatic rings. The van der Waals surface area contributed by atoms with Crippen LogP contribution in [0.2, 0.25) is 0 Å². The number of aliphatic imine (C=N–C) groups is 1. The molecule has 61 heavy (non-hydrogen) atoms. The van der Waals surface area contributed by atoms with E-state index in [2.05, 4.69) is 200 Å². The zero-order valence-corrected chi connectivity index (χ0v) is 34.6. The fraction of sp³-hybridized carbons (Fsp3) is 0.136. The molecule has 0 aromatic heterocycles. The summed E-state index contributed by atoms with van der Waals surface area (Å²) in [6, 6.07) is 53.4. The molecule has 2 nitrogen and oxygen atoms in total. The Morgan fingerprint density at radius 2 is 1.36 bits per heavy atom. The van der Waals surface area contributed by atoms with E-state index in [4.69, 9.17) is 10.7 Å². The van der Waals surface area contributed by atoms with Gasteiger partial charge in [0.2, 0.25) is 0 Å². The third kappa shape index (κ3) is 8.27. The maximum Gasteiger partial charge on any atom is 0.0647 e. The lowest BCUT2D eigenvalue weighted by Crippen LogP contribution is -2.12. The molecule has 0 heterocycles. The van der Waals surface area contributed by atoms with Crippen LogP contribution in [-0.4, -0.2) is 5.71 Å². The summed E-state index contributed by atoms with van der Waals surface area (Å²) < 4.78 is 0. The van der Waals surface area contributed by atoms with Crippen LogP contribution in [0.4, 0.5) is 0 Å². The van der Waals surface area contributed by atoms with Crippen LogP contribution in [0.3, 0.4) is 0 Å². The van der Waals surface area contributed by atoms with Gasteiger partial charge in [-0.05, 0) is 157 Å². The Bertz CT molecular complexity index is 2990. The second-order valence-corrected chi connectivity index (χ2v) is 16.6. The lowest BCUT2D eigenvalue weighted by molar-refractivity contribution is 0.821. The van der Waals surface area contributed by atoms with Crippen molar-refractivity contribution in [1.82, 2.24) is 0 Å². The minimum Gasteiger partial charge on any atom is -0.398 e. The van der Waals surface area contributed by atoms with Crippen molar-refractivity contribution in [3.63, 3.8) is 0 Å². The van der Waals surface area contributed by atoms with E-state index in [0.717, 1.165) is 49.8 Å². The molecule has 3 aliphatic carbocycles. The number of aryl methyl sites for hydroxylation is 1. The molecule has 296 valence electrons. The van der Waals surface area contributed by atoms with Gasteiger partial charge in [0.25, 0.3) is 0 Å². The highest BCUT2D eigenvalue weighted by Crippen LogP contribution is 2.44. The summed E-state index contributed by atoms with van der Waals surface area (Å²) in [4.78, 5) is 5.31. The van der Waals surface area contributed by atoms with E-state index in [9.17, 15) is 0 Å². The van der Waals surface area contributed by atoms with Crippen molar-refractivity contribution in [2.24, 2.45) is 10.7 Å². The van der Waals surface area contributed by atoms with E-state index in [0.29, 0.717) is 12.2 Å². The first-order valence-electron chi connectivity index (χ1n) is 21.9. The third-order valence-corrected chi connectivity index (χ3v) is 12.6. The number of nitrogens with zero attached hydrogens (tertiary/aromatic N) is 1.